The van der Waals surface area contributed by atoms with Crippen LogP contribution in [0.5, 0.6) is 5.75 Å². The molecule has 20 heteroatoms. The lowest BCUT2D eigenvalue weighted by Crippen LogP contribution is -2.52. The molecule has 5 N–H and O–H groups in total. The minimum Gasteiger partial charge on any atom is -0.444 e. The molecule has 63 heavy (non-hydrogen) atoms. The standard InChI is InChI=1S/C43H43N7O13/c1-23-4-8-30(47-42(59)61-22-27-7-11-31-28(18-27)20-50(41(31)58)32-12-13-34(51)48-40(32)57)19-33(23)63-43(60)62-21-26-5-9-29(10-6-26)46-39(56)25(3)45-38(55)24(2)44-35(52)16-17-49-36(53)14-15-37(49)54/h4-11,14-15,18-19,24-25,32H,12-13,16-17,20-22H2,1-3H3,(H,44,52)(H,45,55)(H,46,56)(H,47,59)(H,48,51,57)/t24-,25-,32?/m0/s1. The number of hydrogen-bond acceptors (Lipinski definition) is 13. The number of amides is 9. The third-order valence-electron chi connectivity index (χ3n) is 10.1. The molecule has 3 aliphatic rings. The number of carbonyl (C=O) groups excluding carboxylic acids is 10. The second kappa shape index (κ2) is 19.7. The monoisotopic (exact) mass is 865 g/mol. The van der Waals surface area contributed by atoms with Gasteiger partial charge in [-0.15, -0.1) is 0 Å². The lowest BCUT2D eigenvalue weighted by molar-refractivity contribution is -0.138. The predicted molar refractivity (Wildman–Crippen MR) is 219 cm³/mol. The summed E-state index contributed by atoms with van der Waals surface area (Å²) in [5, 5.41) is 12.5. The highest BCUT2D eigenvalue weighted by atomic mass is 16.7. The number of fused-ring (bicyclic) bond motifs is 1. The Labute approximate surface area is 359 Å². The van der Waals surface area contributed by atoms with Crippen molar-refractivity contribution in [3.63, 3.8) is 0 Å². The van der Waals surface area contributed by atoms with E-state index < -0.39 is 65.8 Å². The molecule has 3 aromatic rings. The molecule has 3 aromatic carbocycles. The molecule has 1 saturated heterocycles. The van der Waals surface area contributed by atoms with Gasteiger partial charge in [0.1, 0.15) is 37.1 Å². The highest BCUT2D eigenvalue weighted by Gasteiger charge is 2.39. The van der Waals surface area contributed by atoms with E-state index in [1.807, 2.05) is 0 Å². The topological polar surface area (TPSA) is 265 Å². The number of piperidine rings is 1. The molecule has 0 radical (unpaired) electrons. The van der Waals surface area contributed by atoms with Crippen molar-refractivity contribution < 1.29 is 62.2 Å². The van der Waals surface area contributed by atoms with Crippen LogP contribution in [0.3, 0.4) is 0 Å². The summed E-state index contributed by atoms with van der Waals surface area (Å²) in [6, 6.07) is 13.2. The minimum atomic E-state index is -1.02. The number of hydrogen-bond donors (Lipinski definition) is 5. The van der Waals surface area contributed by atoms with Gasteiger partial charge in [-0.2, -0.15) is 0 Å². The van der Waals surface area contributed by atoms with E-state index in [2.05, 4.69) is 26.6 Å². The van der Waals surface area contributed by atoms with E-state index in [4.69, 9.17) is 14.2 Å². The minimum absolute atomic E-state index is 0.114. The zero-order valence-corrected chi connectivity index (χ0v) is 34.3. The van der Waals surface area contributed by atoms with Gasteiger partial charge in [-0.25, -0.2) is 9.59 Å². The molecule has 9 amide bonds. The maximum Gasteiger partial charge on any atom is 0.514 e. The molecule has 3 atom stereocenters. The Balaban J connectivity index is 0.899. The highest BCUT2D eigenvalue weighted by molar-refractivity contribution is 6.13. The van der Waals surface area contributed by atoms with Crippen molar-refractivity contribution >= 4 is 70.9 Å². The van der Waals surface area contributed by atoms with E-state index in [0.717, 1.165) is 17.1 Å². The van der Waals surface area contributed by atoms with Gasteiger partial charge in [0.15, 0.2) is 0 Å². The zero-order valence-electron chi connectivity index (χ0n) is 34.3. The fraction of sp³-hybridized carbons (Fsp3) is 0.302. The molecule has 20 nitrogen and oxygen atoms in total. The van der Waals surface area contributed by atoms with Gasteiger partial charge < -0.3 is 35.1 Å². The number of rotatable bonds is 15. The van der Waals surface area contributed by atoms with Crippen LogP contribution in [0.15, 0.2) is 72.8 Å². The number of nitrogens with one attached hydrogen (secondary N) is 5. The Morgan fingerprint density at radius 3 is 2.16 bits per heavy atom. The SMILES string of the molecule is Cc1ccc(NC(=O)OCc2ccc3c(c2)CN(C2CCC(=O)NC2=O)C3=O)cc1OC(=O)OCc1ccc(NC(=O)[C@H](C)NC(=O)[C@H](C)NC(=O)CCN2C(=O)C=CC2=O)cc1. The second-order valence-corrected chi connectivity index (χ2v) is 14.8. The van der Waals surface area contributed by atoms with E-state index in [1.165, 1.54) is 24.8 Å². The van der Waals surface area contributed by atoms with Crippen LogP contribution >= 0.6 is 0 Å². The first-order valence-corrected chi connectivity index (χ1v) is 19.7. The average molecular weight is 866 g/mol. The number of benzene rings is 3. The number of ether oxygens (including phenoxy) is 3. The Morgan fingerprint density at radius 2 is 1.44 bits per heavy atom. The fourth-order valence-electron chi connectivity index (χ4n) is 6.65. The lowest BCUT2D eigenvalue weighted by atomic mass is 10.0. The van der Waals surface area contributed by atoms with Crippen molar-refractivity contribution in [3.05, 3.63) is 101 Å². The van der Waals surface area contributed by atoms with Crippen molar-refractivity contribution in [3.8, 4) is 5.75 Å². The van der Waals surface area contributed by atoms with E-state index in [0.29, 0.717) is 33.5 Å². The third kappa shape index (κ3) is 11.5. The third-order valence-corrected chi connectivity index (χ3v) is 10.1. The zero-order chi connectivity index (χ0) is 45.4. The van der Waals surface area contributed by atoms with Gasteiger partial charge in [0, 0.05) is 61.1 Å². The first kappa shape index (κ1) is 44.6. The maximum absolute atomic E-state index is 13.0. The summed E-state index contributed by atoms with van der Waals surface area (Å²) in [6.45, 7) is 4.29. The summed E-state index contributed by atoms with van der Waals surface area (Å²) >= 11 is 0. The summed E-state index contributed by atoms with van der Waals surface area (Å²) in [5.74, 6) is -3.87. The Morgan fingerprint density at radius 1 is 0.778 bits per heavy atom. The Hall–Kier alpha value is -7.90. The van der Waals surface area contributed by atoms with Crippen molar-refractivity contribution in [1.29, 1.82) is 0 Å². The van der Waals surface area contributed by atoms with Crippen LogP contribution in [-0.2, 0) is 62.8 Å². The largest absolute Gasteiger partial charge is 0.514 e. The first-order valence-electron chi connectivity index (χ1n) is 19.7. The Bertz CT molecular complexity index is 2400. The van der Waals surface area contributed by atoms with Gasteiger partial charge in [-0.3, -0.25) is 53.9 Å². The van der Waals surface area contributed by atoms with Gasteiger partial charge in [0.25, 0.3) is 17.7 Å². The van der Waals surface area contributed by atoms with Crippen molar-refractivity contribution in [2.45, 2.75) is 77.9 Å². The summed E-state index contributed by atoms with van der Waals surface area (Å²) < 4.78 is 16.0. The van der Waals surface area contributed by atoms with E-state index in [9.17, 15) is 47.9 Å². The quantitative estimate of drug-likeness (QED) is 0.0837. The highest BCUT2D eigenvalue weighted by Crippen LogP contribution is 2.29. The summed E-state index contributed by atoms with van der Waals surface area (Å²) in [7, 11) is 0. The van der Waals surface area contributed by atoms with E-state index in [1.54, 1.807) is 61.5 Å². The van der Waals surface area contributed by atoms with Crippen molar-refractivity contribution in [1.82, 2.24) is 25.8 Å². The van der Waals surface area contributed by atoms with Crippen LogP contribution in [-0.4, -0.2) is 94.0 Å². The molecule has 328 valence electrons. The molecule has 0 spiro atoms. The van der Waals surface area contributed by atoms with Gasteiger partial charge >= 0.3 is 12.2 Å². The Kier molecular flexibility index (Phi) is 13.9. The normalized spacial score (nSPS) is 16.4. The molecule has 6 rings (SSSR count). The molecule has 0 bridgehead atoms. The number of nitrogens with zero attached hydrogens (tertiary/aromatic N) is 2. The van der Waals surface area contributed by atoms with Crippen LogP contribution in [0.2, 0.25) is 0 Å². The van der Waals surface area contributed by atoms with Gasteiger partial charge in [-0.05, 0) is 79.8 Å². The van der Waals surface area contributed by atoms with Crippen LogP contribution in [0.4, 0.5) is 21.0 Å². The van der Waals surface area contributed by atoms with Crippen LogP contribution in [0, 0.1) is 6.92 Å². The molecule has 1 fully saturated rings. The van der Waals surface area contributed by atoms with E-state index >= 15 is 0 Å². The predicted octanol–water partition coefficient (Wildman–Crippen LogP) is 2.48. The first-order chi connectivity index (χ1) is 30.0. The van der Waals surface area contributed by atoms with Gasteiger partial charge in [-0.1, -0.05) is 24.3 Å². The number of anilines is 2. The molecule has 3 aliphatic heterocycles. The molecule has 0 saturated carbocycles. The fourth-order valence-corrected chi connectivity index (χ4v) is 6.65. The molecule has 3 heterocycles. The smallest absolute Gasteiger partial charge is 0.444 e. The summed E-state index contributed by atoms with van der Waals surface area (Å²) in [5.41, 5.74) is 3.47. The molecule has 1 unspecified atom stereocenters. The van der Waals surface area contributed by atoms with Gasteiger partial charge in [0.05, 0.1) is 0 Å². The van der Waals surface area contributed by atoms with E-state index in [-0.39, 0.29) is 68.8 Å². The maximum atomic E-state index is 13.0. The molecular weight excluding hydrogens is 823 g/mol. The van der Waals surface area contributed by atoms with Crippen LogP contribution in [0.1, 0.15) is 65.7 Å². The lowest BCUT2D eigenvalue weighted by Gasteiger charge is -2.29. The van der Waals surface area contributed by atoms with Crippen LogP contribution < -0.4 is 31.3 Å². The van der Waals surface area contributed by atoms with Crippen molar-refractivity contribution in [2.75, 3.05) is 17.2 Å². The number of aryl methyl sites for hydroxylation is 1. The van der Waals surface area contributed by atoms with Crippen LogP contribution in [0.25, 0.3) is 0 Å². The summed E-state index contributed by atoms with van der Waals surface area (Å²) in [4.78, 5) is 125. The average Bonchev–Trinajstić information content (AvgIpc) is 3.75. The van der Waals surface area contributed by atoms with Gasteiger partial charge in [0.2, 0.25) is 29.5 Å². The summed E-state index contributed by atoms with van der Waals surface area (Å²) in [6.07, 6.45) is 0.575. The molecule has 0 aromatic heterocycles. The second-order valence-electron chi connectivity index (χ2n) is 14.8. The molecular formula is C43H43N7O13. The number of imide groups is 2. The molecule has 0 aliphatic carbocycles. The number of carbonyl (C=O) groups is 10. The van der Waals surface area contributed by atoms with Crippen molar-refractivity contribution in [2.24, 2.45) is 0 Å².